The number of pyridine rings is 1. The highest BCUT2D eigenvalue weighted by Gasteiger charge is 2.67. The Bertz CT molecular complexity index is 1520. The quantitative estimate of drug-likeness (QED) is 0.544. The number of H-pyrrole nitrogens is 1. The number of hydrogen-bond donors (Lipinski definition) is 1. The van der Waals surface area contributed by atoms with Crippen molar-refractivity contribution in [3.63, 3.8) is 0 Å². The molecule has 1 N–H and O–H groups in total. The van der Waals surface area contributed by atoms with Crippen LogP contribution in [0.3, 0.4) is 0 Å². The number of carbonyl (C=O) groups is 3. The van der Waals surface area contributed by atoms with E-state index in [1.54, 1.807) is 23.1 Å². The maximum Gasteiger partial charge on any atom is 0.339 e. The van der Waals surface area contributed by atoms with E-state index in [1.165, 1.54) is 40.7 Å². The second kappa shape index (κ2) is 7.58. The van der Waals surface area contributed by atoms with Crippen molar-refractivity contribution >= 4 is 28.6 Å². The van der Waals surface area contributed by atoms with Gasteiger partial charge in [0.2, 0.25) is 11.5 Å². The molecule has 2 aromatic heterocycles. The fourth-order valence-corrected chi connectivity index (χ4v) is 5.72. The van der Waals surface area contributed by atoms with Crippen LogP contribution in [-0.4, -0.2) is 67.5 Å². The number of methoxy groups -OCH3 is 4. The van der Waals surface area contributed by atoms with E-state index < -0.39 is 11.4 Å². The minimum absolute atomic E-state index is 0.133. The molecule has 1 aliphatic heterocycles. The number of nitrogens with one attached hydrogen (secondary N) is 1. The second-order valence-electron chi connectivity index (χ2n) is 9.09. The van der Waals surface area contributed by atoms with Gasteiger partial charge < -0.3 is 28.8 Å². The van der Waals surface area contributed by atoms with Gasteiger partial charge in [0.15, 0.2) is 11.5 Å². The highest BCUT2D eigenvalue weighted by Crippen LogP contribution is 2.66. The lowest BCUT2D eigenvalue weighted by Gasteiger charge is -2.28. The normalized spacial score (nSPS) is 21.3. The number of hydrogen-bond acceptors (Lipinski definition) is 8. The number of benzene rings is 1. The fourth-order valence-electron chi connectivity index (χ4n) is 5.72. The molecule has 2 atom stereocenters. The van der Waals surface area contributed by atoms with Crippen LogP contribution in [0.1, 0.15) is 43.3 Å². The Hall–Kier alpha value is -4.34. The maximum absolute atomic E-state index is 13.7. The number of carbonyl (C=O) groups excluding carboxylic acids is 3. The Morgan fingerprint density at radius 2 is 1.86 bits per heavy atom. The van der Waals surface area contributed by atoms with E-state index in [1.807, 2.05) is 0 Å². The minimum atomic E-state index is -0.522. The molecule has 1 amide bonds. The molecule has 1 aromatic carbocycles. The molecule has 3 aromatic rings. The lowest BCUT2D eigenvalue weighted by atomic mass is 9.83. The van der Waals surface area contributed by atoms with Crippen LogP contribution in [0.25, 0.3) is 10.9 Å². The first kappa shape index (κ1) is 22.1. The highest BCUT2D eigenvalue weighted by molar-refractivity contribution is 6.09. The molecule has 1 spiro atoms. The molecule has 0 bridgehead atoms. The maximum atomic E-state index is 13.7. The lowest BCUT2D eigenvalue weighted by molar-refractivity contribution is 0.0599. The van der Waals surface area contributed by atoms with Gasteiger partial charge in [-0.15, -0.1) is 0 Å². The molecule has 1 saturated carbocycles. The smallest absolute Gasteiger partial charge is 0.339 e. The first-order valence-electron chi connectivity index (χ1n) is 11.4. The number of aromatic nitrogens is 2. The van der Waals surface area contributed by atoms with Crippen LogP contribution in [0, 0.1) is 5.92 Å². The summed E-state index contributed by atoms with van der Waals surface area (Å²) in [4.78, 5) is 47.9. The summed E-state index contributed by atoms with van der Waals surface area (Å²) in [6.07, 6.45) is 3.64. The molecule has 2 unspecified atom stereocenters. The molecule has 3 heterocycles. The number of piperidine rings is 1. The number of aromatic amines is 1. The molecule has 0 radical (unpaired) electrons. The standard InChI is InChI=1S/C26H23N3O7/c1-33-18-7-12-6-16(28-20(12)23(35-3)22(18)34-2)24(31)29-11-14-9-26(14)15-5-13(25(32)36-4)10-27-21(15)17(30)8-19(26)29/h5-8,10,14,28H,9,11H2,1-4H3. The predicted molar refractivity (Wildman–Crippen MR) is 127 cm³/mol. The van der Waals surface area contributed by atoms with Crippen molar-refractivity contribution in [3.8, 4) is 17.2 Å². The van der Waals surface area contributed by atoms with Crippen molar-refractivity contribution < 1.29 is 33.3 Å². The third kappa shape index (κ3) is 2.78. The van der Waals surface area contributed by atoms with E-state index in [0.29, 0.717) is 52.0 Å². The zero-order chi connectivity index (χ0) is 25.4. The summed E-state index contributed by atoms with van der Waals surface area (Å²) in [7, 11) is 5.86. The van der Waals surface area contributed by atoms with Crippen LogP contribution in [0.2, 0.25) is 0 Å². The number of esters is 1. The van der Waals surface area contributed by atoms with Crippen molar-refractivity contribution in [2.24, 2.45) is 5.92 Å². The van der Waals surface area contributed by atoms with Gasteiger partial charge >= 0.3 is 5.97 Å². The molecule has 184 valence electrons. The number of likely N-dealkylation sites (tertiary alicyclic amines) is 1. The summed E-state index contributed by atoms with van der Waals surface area (Å²) in [6, 6.07) is 5.18. The van der Waals surface area contributed by atoms with Crippen molar-refractivity contribution in [1.29, 1.82) is 0 Å². The minimum Gasteiger partial charge on any atom is -0.493 e. The van der Waals surface area contributed by atoms with Gasteiger partial charge in [0.1, 0.15) is 11.4 Å². The van der Waals surface area contributed by atoms with Gasteiger partial charge in [0.25, 0.3) is 5.91 Å². The van der Waals surface area contributed by atoms with Crippen molar-refractivity contribution in [3.05, 3.63) is 58.7 Å². The topological polar surface area (TPSA) is 120 Å². The summed E-state index contributed by atoms with van der Waals surface area (Å²) in [5.74, 6) is 0.374. The number of rotatable bonds is 5. The number of ether oxygens (including phenoxy) is 4. The molecule has 3 aliphatic rings. The molecular weight excluding hydrogens is 466 g/mol. The lowest BCUT2D eigenvalue weighted by Crippen LogP contribution is -2.34. The van der Waals surface area contributed by atoms with Gasteiger partial charge in [-0.2, -0.15) is 0 Å². The van der Waals surface area contributed by atoms with Crippen LogP contribution in [0.15, 0.2) is 36.2 Å². The summed E-state index contributed by atoms with van der Waals surface area (Å²) in [5, 5.41) is 0.720. The molecule has 6 rings (SSSR count). The van der Waals surface area contributed by atoms with Crippen LogP contribution < -0.4 is 14.2 Å². The number of ketones is 1. The van der Waals surface area contributed by atoms with Gasteiger partial charge in [0.05, 0.1) is 39.5 Å². The van der Waals surface area contributed by atoms with Gasteiger partial charge in [-0.25, -0.2) is 4.79 Å². The highest BCUT2D eigenvalue weighted by atomic mass is 16.5. The van der Waals surface area contributed by atoms with Crippen molar-refractivity contribution in [2.75, 3.05) is 35.0 Å². The van der Waals surface area contributed by atoms with Gasteiger partial charge in [-0.3, -0.25) is 14.6 Å². The average Bonchev–Trinajstić information content (AvgIpc) is 3.29. The first-order chi connectivity index (χ1) is 17.4. The first-order valence-corrected chi connectivity index (χ1v) is 11.4. The Morgan fingerprint density at radius 3 is 2.56 bits per heavy atom. The molecule has 2 aliphatic carbocycles. The zero-order valence-electron chi connectivity index (χ0n) is 20.1. The molecule has 10 heteroatoms. The molecular formula is C26H23N3O7. The Labute approximate surface area is 205 Å². The van der Waals surface area contributed by atoms with Crippen LogP contribution >= 0.6 is 0 Å². The van der Waals surface area contributed by atoms with Crippen LogP contribution in [-0.2, 0) is 10.2 Å². The Balaban J connectivity index is 1.41. The summed E-state index contributed by atoms with van der Waals surface area (Å²) < 4.78 is 21.3. The fraction of sp³-hybridized carbons (Fsp3) is 0.308. The molecule has 36 heavy (non-hydrogen) atoms. The predicted octanol–water partition coefficient (Wildman–Crippen LogP) is 2.87. The molecule has 10 nitrogen and oxygen atoms in total. The molecule has 2 fully saturated rings. The SMILES string of the molecule is COC(=O)c1cnc2c(c1)C13CC1CN(C(=O)c1cc4cc(OC)c(OC)c(OC)c4[nH]1)C3=CC2=O. The summed E-state index contributed by atoms with van der Waals surface area (Å²) >= 11 is 0. The van der Waals surface area contributed by atoms with E-state index in [9.17, 15) is 14.4 Å². The van der Waals surface area contributed by atoms with Crippen LogP contribution in [0.4, 0.5) is 0 Å². The van der Waals surface area contributed by atoms with Crippen LogP contribution in [0.5, 0.6) is 17.2 Å². The van der Waals surface area contributed by atoms with Gasteiger partial charge in [-0.1, -0.05) is 0 Å². The number of allylic oxidation sites excluding steroid dienone is 2. The Kier molecular flexibility index (Phi) is 4.66. The summed E-state index contributed by atoms with van der Waals surface area (Å²) in [6.45, 7) is 0.457. The van der Waals surface area contributed by atoms with E-state index >= 15 is 0 Å². The Morgan fingerprint density at radius 1 is 1.08 bits per heavy atom. The third-order valence-corrected chi connectivity index (χ3v) is 7.44. The van der Waals surface area contributed by atoms with Crippen molar-refractivity contribution in [2.45, 2.75) is 11.8 Å². The number of amides is 1. The van der Waals surface area contributed by atoms with E-state index in [2.05, 4.69) is 9.97 Å². The third-order valence-electron chi connectivity index (χ3n) is 7.44. The van der Waals surface area contributed by atoms with E-state index in [4.69, 9.17) is 18.9 Å². The average molecular weight is 489 g/mol. The largest absolute Gasteiger partial charge is 0.493 e. The monoisotopic (exact) mass is 489 g/mol. The zero-order valence-corrected chi connectivity index (χ0v) is 20.1. The van der Waals surface area contributed by atoms with E-state index in [0.717, 1.165) is 11.8 Å². The molecule has 1 saturated heterocycles. The van der Waals surface area contributed by atoms with Crippen molar-refractivity contribution in [1.82, 2.24) is 14.9 Å². The van der Waals surface area contributed by atoms with Gasteiger partial charge in [0, 0.05) is 35.3 Å². The van der Waals surface area contributed by atoms with E-state index in [-0.39, 0.29) is 23.2 Å². The second-order valence-corrected chi connectivity index (χ2v) is 9.09. The van der Waals surface area contributed by atoms with Gasteiger partial charge in [-0.05, 0) is 36.1 Å². The number of fused-ring (bicyclic) bond motifs is 2. The summed E-state index contributed by atoms with van der Waals surface area (Å²) in [5.41, 5.74) is 2.35. The number of nitrogens with zero attached hydrogens (tertiary/aromatic N) is 2.